The van der Waals surface area contributed by atoms with Crippen molar-refractivity contribution in [3.63, 3.8) is 0 Å². The molecule has 4 fully saturated rings. The molecule has 3 aromatic rings. The fourth-order valence-electron chi connectivity index (χ4n) is 8.49. The van der Waals surface area contributed by atoms with Crippen LogP contribution >= 0.6 is 0 Å². The predicted octanol–water partition coefficient (Wildman–Crippen LogP) is 5.69. The number of aliphatic hydroxyl groups excluding tert-OH is 1. The molecule has 2 heterocycles. The summed E-state index contributed by atoms with van der Waals surface area (Å²) in [6.07, 6.45) is 10.3. The number of nitrogens with zero attached hydrogens (tertiary/aromatic N) is 3. The van der Waals surface area contributed by atoms with E-state index in [2.05, 4.69) is 52.0 Å². The zero-order valence-electron chi connectivity index (χ0n) is 18.8. The lowest BCUT2D eigenvalue weighted by molar-refractivity contribution is -0.134. The first-order valence-electron chi connectivity index (χ1n) is 12.4. The normalized spacial score (nSPS) is 34.0. The second kappa shape index (κ2) is 7.05. The van der Waals surface area contributed by atoms with Crippen LogP contribution in [0, 0.1) is 34.5 Å². The molecule has 4 nitrogen and oxygen atoms in total. The van der Waals surface area contributed by atoms with Crippen LogP contribution in [0.5, 0.6) is 0 Å². The average molecular weight is 436 g/mol. The summed E-state index contributed by atoms with van der Waals surface area (Å²) in [4.78, 5) is 4.41. The summed E-state index contributed by atoms with van der Waals surface area (Å²) in [5.74, 6) is 2.54. The molecule has 4 bridgehead atoms. The predicted molar refractivity (Wildman–Crippen MR) is 126 cm³/mol. The molecule has 0 saturated heterocycles. The molecule has 33 heavy (non-hydrogen) atoms. The Kier molecular flexibility index (Phi) is 4.18. The van der Waals surface area contributed by atoms with E-state index >= 15 is 0 Å². The summed E-state index contributed by atoms with van der Waals surface area (Å²) < 4.78 is 2.27. The monoisotopic (exact) mass is 435 g/mol. The zero-order valence-corrected chi connectivity index (χ0v) is 18.8. The third-order valence-corrected chi connectivity index (χ3v) is 9.47. The van der Waals surface area contributed by atoms with E-state index < -0.39 is 0 Å². The number of aromatic nitrogens is 2. The van der Waals surface area contributed by atoms with E-state index in [9.17, 15) is 10.4 Å². The Labute approximate surface area is 194 Å². The average Bonchev–Trinajstić information content (AvgIpc) is 3.41. The van der Waals surface area contributed by atoms with Gasteiger partial charge in [-0.05, 0) is 90.9 Å². The Hall–Kier alpha value is -2.90. The van der Waals surface area contributed by atoms with Gasteiger partial charge in [-0.15, -0.1) is 0 Å². The Bertz CT molecular complexity index is 1250. The van der Waals surface area contributed by atoms with Gasteiger partial charge in [-0.2, -0.15) is 5.26 Å². The topological polar surface area (TPSA) is 61.8 Å². The summed E-state index contributed by atoms with van der Waals surface area (Å²) in [6.45, 7) is 0. The minimum atomic E-state index is -0.302. The van der Waals surface area contributed by atoms with Gasteiger partial charge in [0.05, 0.1) is 42.0 Å². The maximum Gasteiger partial charge on any atom is 0.0991 e. The van der Waals surface area contributed by atoms with Gasteiger partial charge in [0.15, 0.2) is 0 Å². The van der Waals surface area contributed by atoms with Gasteiger partial charge in [0.2, 0.25) is 0 Å². The molecule has 0 radical (unpaired) electrons. The lowest BCUT2D eigenvalue weighted by Crippen LogP contribution is -2.54. The second-order valence-corrected chi connectivity index (χ2v) is 11.1. The SMILES string of the molecule is N#Cc1cccc(C2C3CC4CC2CC(C(O)CC2c5ccccc5-c5cncn52)(C4)C3)c1. The number of nitriles is 1. The number of benzene rings is 2. The molecule has 4 aliphatic carbocycles. The highest BCUT2D eigenvalue weighted by Crippen LogP contribution is 2.66. The van der Waals surface area contributed by atoms with Crippen molar-refractivity contribution >= 4 is 0 Å². The third kappa shape index (κ3) is 2.82. The van der Waals surface area contributed by atoms with E-state index in [0.29, 0.717) is 17.8 Å². The Morgan fingerprint density at radius 2 is 1.91 bits per heavy atom. The summed E-state index contributed by atoms with van der Waals surface area (Å²) >= 11 is 0. The van der Waals surface area contributed by atoms with Crippen LogP contribution in [0.25, 0.3) is 11.3 Å². The highest BCUT2D eigenvalue weighted by atomic mass is 16.3. The van der Waals surface area contributed by atoms with Gasteiger partial charge in [0.1, 0.15) is 0 Å². The fourth-order valence-corrected chi connectivity index (χ4v) is 8.49. The van der Waals surface area contributed by atoms with E-state index in [1.165, 1.54) is 41.6 Å². The van der Waals surface area contributed by atoms with Crippen molar-refractivity contribution in [3.05, 3.63) is 77.7 Å². The van der Waals surface area contributed by atoms with Crippen molar-refractivity contribution < 1.29 is 5.11 Å². The molecule has 2 aromatic carbocycles. The number of rotatable bonds is 4. The van der Waals surface area contributed by atoms with Crippen LogP contribution in [0.4, 0.5) is 0 Å². The molecule has 4 unspecified atom stereocenters. The smallest absolute Gasteiger partial charge is 0.0991 e. The summed E-state index contributed by atoms with van der Waals surface area (Å²) in [6, 6.07) is 19.4. The maximum atomic E-state index is 11.8. The lowest BCUT2D eigenvalue weighted by atomic mass is 9.44. The highest BCUT2D eigenvalue weighted by Gasteiger charge is 2.58. The molecule has 0 amide bonds. The van der Waals surface area contributed by atoms with E-state index in [1.807, 2.05) is 24.7 Å². The van der Waals surface area contributed by atoms with Crippen LogP contribution in [-0.2, 0) is 0 Å². The highest BCUT2D eigenvalue weighted by molar-refractivity contribution is 5.68. The first-order chi connectivity index (χ1) is 16.1. The van der Waals surface area contributed by atoms with Gasteiger partial charge >= 0.3 is 0 Å². The van der Waals surface area contributed by atoms with Crippen molar-refractivity contribution in [1.82, 2.24) is 9.55 Å². The minimum absolute atomic E-state index is 0.0398. The van der Waals surface area contributed by atoms with Crippen LogP contribution in [0.3, 0.4) is 0 Å². The quantitative estimate of drug-likeness (QED) is 0.573. The van der Waals surface area contributed by atoms with Crippen molar-refractivity contribution in [2.45, 2.75) is 56.6 Å². The molecular weight excluding hydrogens is 406 g/mol. The molecule has 4 atom stereocenters. The molecule has 166 valence electrons. The fraction of sp³-hybridized carbons (Fsp3) is 0.448. The minimum Gasteiger partial charge on any atom is -0.392 e. The number of hydrogen-bond acceptors (Lipinski definition) is 3. The largest absolute Gasteiger partial charge is 0.392 e. The maximum absolute atomic E-state index is 11.8. The summed E-state index contributed by atoms with van der Waals surface area (Å²) in [7, 11) is 0. The van der Waals surface area contributed by atoms with Gasteiger partial charge < -0.3 is 9.67 Å². The van der Waals surface area contributed by atoms with Gasteiger partial charge in [-0.25, -0.2) is 4.98 Å². The van der Waals surface area contributed by atoms with Crippen molar-refractivity contribution in [1.29, 1.82) is 5.26 Å². The van der Waals surface area contributed by atoms with Gasteiger partial charge in [-0.1, -0.05) is 36.4 Å². The van der Waals surface area contributed by atoms with Gasteiger partial charge in [0, 0.05) is 5.56 Å². The van der Waals surface area contributed by atoms with E-state index in [1.54, 1.807) is 0 Å². The number of aliphatic hydroxyl groups is 1. The van der Waals surface area contributed by atoms with Crippen LogP contribution < -0.4 is 0 Å². The number of hydrogen-bond donors (Lipinski definition) is 1. The van der Waals surface area contributed by atoms with E-state index in [-0.39, 0.29) is 17.6 Å². The van der Waals surface area contributed by atoms with Gasteiger partial charge in [0.25, 0.3) is 0 Å². The third-order valence-electron chi connectivity index (χ3n) is 9.47. The van der Waals surface area contributed by atoms with Crippen LogP contribution in [0.15, 0.2) is 61.1 Å². The first-order valence-corrected chi connectivity index (χ1v) is 12.4. The zero-order chi connectivity index (χ0) is 22.2. The van der Waals surface area contributed by atoms with E-state index in [4.69, 9.17) is 0 Å². The molecule has 5 aliphatic rings. The van der Waals surface area contributed by atoms with Crippen molar-refractivity contribution in [2.75, 3.05) is 0 Å². The number of fused-ring (bicyclic) bond motifs is 3. The van der Waals surface area contributed by atoms with Gasteiger partial charge in [-0.3, -0.25) is 0 Å². The van der Waals surface area contributed by atoms with Crippen LogP contribution in [0.2, 0.25) is 0 Å². The summed E-state index contributed by atoms with van der Waals surface area (Å²) in [5.41, 5.74) is 5.91. The molecule has 0 spiro atoms. The standard InChI is InChI=1S/C29H29N3O/c30-15-18-4-3-5-20(8-18)28-21-9-19-10-22(28)14-29(12-19,13-21)27(33)11-25-23-6-1-2-7-24(23)26-16-31-17-32(25)26/h1-8,16-17,19,21-22,25,27-28,33H,9-14H2. The molecular formula is C29H29N3O. The van der Waals surface area contributed by atoms with Crippen LogP contribution in [0.1, 0.15) is 67.2 Å². The van der Waals surface area contributed by atoms with Crippen molar-refractivity contribution in [2.24, 2.45) is 23.2 Å². The second-order valence-electron chi connectivity index (χ2n) is 11.1. The van der Waals surface area contributed by atoms with Crippen LogP contribution in [-0.4, -0.2) is 20.8 Å². The Morgan fingerprint density at radius 3 is 2.73 bits per heavy atom. The van der Waals surface area contributed by atoms with E-state index in [0.717, 1.165) is 30.7 Å². The number of imidazole rings is 1. The molecule has 1 N–H and O–H groups in total. The molecule has 1 aromatic heterocycles. The van der Waals surface area contributed by atoms with Crippen molar-refractivity contribution in [3.8, 4) is 17.3 Å². The molecule has 8 rings (SSSR count). The molecule has 1 aliphatic heterocycles. The Morgan fingerprint density at radius 1 is 1.09 bits per heavy atom. The molecule has 4 saturated carbocycles. The first kappa shape index (κ1) is 19.6. The Balaban J connectivity index is 1.18. The summed E-state index contributed by atoms with van der Waals surface area (Å²) in [5, 5.41) is 21.2. The molecule has 4 heteroatoms. The lowest BCUT2D eigenvalue weighted by Gasteiger charge is -2.62.